The molecule has 0 fully saturated rings. The van der Waals surface area contributed by atoms with Gasteiger partial charge >= 0.3 is 0 Å². The van der Waals surface area contributed by atoms with Crippen molar-refractivity contribution in [2.75, 3.05) is 16.4 Å². The van der Waals surface area contributed by atoms with Gasteiger partial charge in [-0.05, 0) is 36.4 Å². The minimum Gasteiger partial charge on any atom is -0.322 e. The smallest absolute Gasteiger partial charge is 0.292 e. The molecule has 4 aromatic rings. The SMILES string of the molecule is O=C(CSc1nc2ccc(NC(=O)c3ccccc3Cl)cc2s1)Nc1ccccc1[N+](=O)[O-]. The van der Waals surface area contributed by atoms with Crippen LogP contribution in [0.2, 0.25) is 5.02 Å². The van der Waals surface area contributed by atoms with Crippen LogP contribution >= 0.6 is 34.7 Å². The molecule has 0 aliphatic rings. The first-order chi connectivity index (χ1) is 15.9. The Morgan fingerprint density at radius 3 is 2.61 bits per heavy atom. The molecule has 0 saturated carbocycles. The third kappa shape index (κ3) is 5.48. The first kappa shape index (κ1) is 22.7. The number of nitrogens with one attached hydrogen (secondary N) is 2. The molecule has 3 aromatic carbocycles. The van der Waals surface area contributed by atoms with Crippen LogP contribution in [0.4, 0.5) is 17.1 Å². The molecule has 1 heterocycles. The first-order valence-corrected chi connectivity index (χ1v) is 11.7. The number of fused-ring (bicyclic) bond motifs is 1. The number of anilines is 2. The molecule has 0 saturated heterocycles. The van der Waals surface area contributed by atoms with Crippen LogP contribution in [0.15, 0.2) is 71.1 Å². The van der Waals surface area contributed by atoms with E-state index in [1.807, 2.05) is 0 Å². The molecule has 0 atom stereocenters. The van der Waals surface area contributed by atoms with Crippen LogP contribution in [0, 0.1) is 10.1 Å². The van der Waals surface area contributed by atoms with Crippen molar-refractivity contribution in [3.8, 4) is 0 Å². The maximum atomic E-state index is 12.5. The van der Waals surface area contributed by atoms with Crippen molar-refractivity contribution in [3.05, 3.63) is 87.4 Å². The number of carbonyl (C=O) groups excluding carboxylic acids is 2. The molecule has 11 heteroatoms. The van der Waals surface area contributed by atoms with Crippen LogP contribution in [-0.4, -0.2) is 27.5 Å². The van der Waals surface area contributed by atoms with Gasteiger partial charge in [-0.15, -0.1) is 11.3 Å². The van der Waals surface area contributed by atoms with E-state index in [9.17, 15) is 19.7 Å². The first-order valence-electron chi connectivity index (χ1n) is 9.53. The lowest BCUT2D eigenvalue weighted by atomic mass is 10.2. The minimum absolute atomic E-state index is 0.0436. The molecule has 2 amide bonds. The van der Waals surface area contributed by atoms with Gasteiger partial charge in [-0.1, -0.05) is 47.6 Å². The lowest BCUT2D eigenvalue weighted by Crippen LogP contribution is -2.15. The van der Waals surface area contributed by atoms with Gasteiger partial charge in [0.15, 0.2) is 4.34 Å². The molecule has 0 radical (unpaired) electrons. The summed E-state index contributed by atoms with van der Waals surface area (Å²) in [6.07, 6.45) is 0. The summed E-state index contributed by atoms with van der Waals surface area (Å²) in [5, 5.41) is 16.8. The normalized spacial score (nSPS) is 10.7. The maximum Gasteiger partial charge on any atom is 0.292 e. The van der Waals surface area contributed by atoms with Crippen LogP contribution in [-0.2, 0) is 4.79 Å². The standard InChI is InChI=1S/C22H15ClN4O4S2/c23-15-6-2-1-5-14(15)21(29)24-13-9-10-17-19(11-13)33-22(26-17)32-12-20(28)25-16-7-3-4-8-18(16)27(30)31/h1-11H,12H2,(H,24,29)(H,25,28). The topological polar surface area (TPSA) is 114 Å². The number of benzene rings is 3. The highest BCUT2D eigenvalue weighted by molar-refractivity contribution is 8.01. The predicted molar refractivity (Wildman–Crippen MR) is 131 cm³/mol. The van der Waals surface area contributed by atoms with Crippen LogP contribution in [0.25, 0.3) is 10.2 Å². The van der Waals surface area contributed by atoms with Crippen molar-refractivity contribution in [2.24, 2.45) is 0 Å². The van der Waals surface area contributed by atoms with Gasteiger partial charge in [0.05, 0.1) is 31.5 Å². The zero-order chi connectivity index (χ0) is 23.4. The number of hydrogen-bond donors (Lipinski definition) is 2. The number of hydrogen-bond acceptors (Lipinski definition) is 7. The average Bonchev–Trinajstić information content (AvgIpc) is 3.20. The van der Waals surface area contributed by atoms with Crippen LogP contribution < -0.4 is 10.6 Å². The van der Waals surface area contributed by atoms with E-state index in [0.717, 1.165) is 10.2 Å². The zero-order valence-electron chi connectivity index (χ0n) is 16.8. The Kier molecular flexibility index (Phi) is 6.87. The van der Waals surface area contributed by atoms with Gasteiger partial charge in [-0.25, -0.2) is 4.98 Å². The number of nitrogens with zero attached hydrogens (tertiary/aromatic N) is 2. The van der Waals surface area contributed by atoms with Crippen LogP contribution in [0.3, 0.4) is 0 Å². The third-order valence-corrected chi connectivity index (χ3v) is 6.94. The monoisotopic (exact) mass is 498 g/mol. The Labute approximate surface area is 201 Å². The van der Waals surface area contributed by atoms with Crippen LogP contribution in [0.1, 0.15) is 10.4 Å². The number of nitro groups is 1. The van der Waals surface area contributed by atoms with Crippen LogP contribution in [0.5, 0.6) is 0 Å². The van der Waals surface area contributed by atoms with Gasteiger partial charge in [-0.3, -0.25) is 19.7 Å². The van der Waals surface area contributed by atoms with Gasteiger partial charge < -0.3 is 10.6 Å². The van der Waals surface area contributed by atoms with E-state index in [1.165, 1.54) is 41.3 Å². The molecule has 8 nitrogen and oxygen atoms in total. The summed E-state index contributed by atoms with van der Waals surface area (Å²) in [4.78, 5) is 39.8. The second-order valence-corrected chi connectivity index (χ2v) is 9.37. The lowest BCUT2D eigenvalue weighted by molar-refractivity contribution is -0.383. The quantitative estimate of drug-likeness (QED) is 0.188. The number of thiazole rings is 1. The van der Waals surface area contributed by atoms with Crippen molar-refractivity contribution in [3.63, 3.8) is 0 Å². The number of aromatic nitrogens is 1. The van der Waals surface area contributed by atoms with Crippen molar-refractivity contribution in [2.45, 2.75) is 4.34 Å². The number of nitro benzene ring substituents is 1. The number of rotatable bonds is 7. The molecule has 33 heavy (non-hydrogen) atoms. The van der Waals surface area contributed by atoms with E-state index >= 15 is 0 Å². The third-order valence-electron chi connectivity index (χ3n) is 4.45. The summed E-state index contributed by atoms with van der Waals surface area (Å²) in [6, 6.07) is 18.1. The average molecular weight is 499 g/mol. The van der Waals surface area contributed by atoms with E-state index in [4.69, 9.17) is 11.6 Å². The molecule has 0 bridgehead atoms. The van der Waals surface area contributed by atoms with E-state index in [2.05, 4.69) is 15.6 Å². The van der Waals surface area contributed by atoms with Crippen molar-refractivity contribution in [1.82, 2.24) is 4.98 Å². The predicted octanol–water partition coefficient (Wildman–Crippen LogP) is 5.84. The van der Waals surface area contributed by atoms with Gasteiger partial charge in [0.1, 0.15) is 5.69 Å². The highest BCUT2D eigenvalue weighted by atomic mass is 35.5. The van der Waals surface area contributed by atoms with Crippen molar-refractivity contribution in [1.29, 1.82) is 0 Å². The summed E-state index contributed by atoms with van der Waals surface area (Å²) in [5.74, 6) is -0.644. The van der Waals surface area contributed by atoms with Gasteiger partial charge in [-0.2, -0.15) is 0 Å². The fourth-order valence-electron chi connectivity index (χ4n) is 2.94. The number of amides is 2. The number of halogens is 1. The molecule has 0 spiro atoms. The molecular formula is C22H15ClN4O4S2. The molecule has 4 rings (SSSR count). The Balaban J connectivity index is 1.40. The Morgan fingerprint density at radius 2 is 1.82 bits per heavy atom. The number of para-hydroxylation sites is 2. The molecule has 166 valence electrons. The number of carbonyl (C=O) groups is 2. The number of thioether (sulfide) groups is 1. The summed E-state index contributed by atoms with van der Waals surface area (Å²) in [5.41, 5.74) is 1.70. The Hall–Kier alpha value is -3.47. The molecule has 0 aliphatic carbocycles. The minimum atomic E-state index is -0.543. The van der Waals surface area contributed by atoms with Crippen molar-refractivity contribution < 1.29 is 14.5 Å². The second-order valence-electron chi connectivity index (χ2n) is 6.71. The molecule has 1 aromatic heterocycles. The van der Waals surface area contributed by atoms with E-state index < -0.39 is 4.92 Å². The van der Waals surface area contributed by atoms with Gasteiger partial charge in [0, 0.05) is 11.8 Å². The Morgan fingerprint density at radius 1 is 1.06 bits per heavy atom. The van der Waals surface area contributed by atoms with E-state index in [0.29, 0.717) is 20.6 Å². The largest absolute Gasteiger partial charge is 0.322 e. The fraction of sp³-hybridized carbons (Fsp3) is 0.0455. The fourth-order valence-corrected chi connectivity index (χ4v) is 5.07. The molecular weight excluding hydrogens is 484 g/mol. The van der Waals surface area contributed by atoms with Gasteiger partial charge in [0.25, 0.3) is 11.6 Å². The highest BCUT2D eigenvalue weighted by Crippen LogP contribution is 2.32. The Bertz CT molecular complexity index is 1380. The highest BCUT2D eigenvalue weighted by Gasteiger charge is 2.16. The zero-order valence-corrected chi connectivity index (χ0v) is 19.2. The maximum absolute atomic E-state index is 12.5. The van der Waals surface area contributed by atoms with Gasteiger partial charge in [0.2, 0.25) is 5.91 Å². The molecule has 0 aliphatic heterocycles. The molecule has 2 N–H and O–H groups in total. The molecule has 0 unspecified atom stereocenters. The summed E-state index contributed by atoms with van der Waals surface area (Å²) in [6.45, 7) is 0. The summed E-state index contributed by atoms with van der Waals surface area (Å²) >= 11 is 8.69. The van der Waals surface area contributed by atoms with Crippen molar-refractivity contribution >= 4 is 73.8 Å². The van der Waals surface area contributed by atoms with E-state index in [-0.39, 0.29) is 28.9 Å². The lowest BCUT2D eigenvalue weighted by Gasteiger charge is -2.06. The summed E-state index contributed by atoms with van der Waals surface area (Å²) < 4.78 is 1.51. The second kappa shape index (κ2) is 9.99. The summed E-state index contributed by atoms with van der Waals surface area (Å²) in [7, 11) is 0. The van der Waals surface area contributed by atoms with E-state index in [1.54, 1.807) is 48.5 Å².